The zero-order valence-electron chi connectivity index (χ0n) is 12.2. The van der Waals surface area contributed by atoms with Crippen molar-refractivity contribution in [2.45, 2.75) is 44.6 Å². The molecular formula is C17H26N2. The maximum absolute atomic E-state index is 5.68. The Morgan fingerprint density at radius 2 is 2.16 bits per heavy atom. The molecule has 2 heteroatoms. The molecule has 1 aliphatic carbocycles. The summed E-state index contributed by atoms with van der Waals surface area (Å²) >= 11 is 0. The molecule has 19 heavy (non-hydrogen) atoms. The molecule has 2 N–H and O–H groups in total. The van der Waals surface area contributed by atoms with Gasteiger partial charge in [0.2, 0.25) is 0 Å². The zero-order chi connectivity index (χ0) is 13.5. The maximum atomic E-state index is 5.68. The van der Waals surface area contributed by atoms with Gasteiger partial charge in [-0.15, -0.1) is 0 Å². The Bertz CT molecular complexity index is 456. The van der Waals surface area contributed by atoms with Gasteiger partial charge in [0.15, 0.2) is 0 Å². The molecule has 1 aliphatic heterocycles. The highest BCUT2D eigenvalue weighted by Gasteiger charge is 2.47. The van der Waals surface area contributed by atoms with Gasteiger partial charge in [-0.3, -0.25) is 4.90 Å². The van der Waals surface area contributed by atoms with Crippen molar-refractivity contribution in [2.75, 3.05) is 19.6 Å². The van der Waals surface area contributed by atoms with Crippen LogP contribution in [0.1, 0.15) is 37.8 Å². The molecule has 0 unspecified atom stereocenters. The molecule has 1 fully saturated rings. The van der Waals surface area contributed by atoms with E-state index >= 15 is 0 Å². The predicted molar refractivity (Wildman–Crippen MR) is 80.3 cm³/mol. The average Bonchev–Trinajstić information content (AvgIpc) is 2.42. The van der Waals surface area contributed by atoms with Crippen LogP contribution in [0.25, 0.3) is 0 Å². The Balaban J connectivity index is 1.93. The summed E-state index contributed by atoms with van der Waals surface area (Å²) in [6.07, 6.45) is 3.63. The SMILES string of the molecule is C[C@@H]1[C@H]2Cc3ccccc3[C@]1(C)CCN2CCCN. The van der Waals surface area contributed by atoms with E-state index in [1.807, 2.05) is 0 Å². The lowest BCUT2D eigenvalue weighted by Crippen LogP contribution is -2.58. The first-order valence-electron chi connectivity index (χ1n) is 7.69. The topological polar surface area (TPSA) is 29.3 Å². The maximum Gasteiger partial charge on any atom is 0.0170 e. The minimum absolute atomic E-state index is 0.374. The fraction of sp³-hybridized carbons (Fsp3) is 0.647. The number of rotatable bonds is 3. The smallest absolute Gasteiger partial charge is 0.0170 e. The molecule has 104 valence electrons. The van der Waals surface area contributed by atoms with Crippen LogP contribution in [0.2, 0.25) is 0 Å². The van der Waals surface area contributed by atoms with E-state index in [-0.39, 0.29) is 0 Å². The van der Waals surface area contributed by atoms with Gasteiger partial charge in [0, 0.05) is 6.04 Å². The second kappa shape index (κ2) is 4.92. The fourth-order valence-electron chi connectivity index (χ4n) is 4.25. The number of hydrogen-bond donors (Lipinski definition) is 1. The van der Waals surface area contributed by atoms with Crippen LogP contribution in [0.15, 0.2) is 24.3 Å². The lowest BCUT2D eigenvalue weighted by atomic mass is 9.59. The number of likely N-dealkylation sites (tertiary alicyclic amines) is 1. The van der Waals surface area contributed by atoms with Crippen LogP contribution in [0.4, 0.5) is 0 Å². The monoisotopic (exact) mass is 258 g/mol. The molecule has 3 rings (SSSR count). The van der Waals surface area contributed by atoms with E-state index in [4.69, 9.17) is 5.73 Å². The summed E-state index contributed by atoms with van der Waals surface area (Å²) in [5.74, 6) is 0.744. The minimum Gasteiger partial charge on any atom is -0.330 e. The predicted octanol–water partition coefficient (Wildman–Crippen LogP) is 2.56. The van der Waals surface area contributed by atoms with Crippen molar-refractivity contribution in [2.24, 2.45) is 11.7 Å². The van der Waals surface area contributed by atoms with Gasteiger partial charge in [-0.25, -0.2) is 0 Å². The van der Waals surface area contributed by atoms with Crippen molar-refractivity contribution in [3.8, 4) is 0 Å². The number of fused-ring (bicyclic) bond motifs is 4. The summed E-state index contributed by atoms with van der Waals surface area (Å²) in [7, 11) is 0. The lowest BCUT2D eigenvalue weighted by molar-refractivity contribution is 0.0312. The Labute approximate surface area is 117 Å². The summed E-state index contributed by atoms with van der Waals surface area (Å²) in [6.45, 7) is 8.15. The molecule has 3 atom stereocenters. The van der Waals surface area contributed by atoms with Crippen molar-refractivity contribution in [1.29, 1.82) is 0 Å². The van der Waals surface area contributed by atoms with Gasteiger partial charge < -0.3 is 5.73 Å². The van der Waals surface area contributed by atoms with Crippen LogP contribution in [0.3, 0.4) is 0 Å². The Morgan fingerprint density at radius 1 is 1.37 bits per heavy atom. The highest BCUT2D eigenvalue weighted by atomic mass is 15.2. The molecule has 2 nitrogen and oxygen atoms in total. The van der Waals surface area contributed by atoms with Gasteiger partial charge in [-0.2, -0.15) is 0 Å². The second-order valence-electron chi connectivity index (χ2n) is 6.56. The standard InChI is InChI=1S/C17H26N2/c1-13-16-12-14-6-3-4-7-15(14)17(13,2)8-11-19(16)10-5-9-18/h3-4,6-7,13,16H,5,8-12,18H2,1-2H3/t13-,16-,17-/m1/s1. The summed E-state index contributed by atoms with van der Waals surface area (Å²) in [5, 5.41) is 0. The quantitative estimate of drug-likeness (QED) is 0.903. The molecule has 1 aromatic carbocycles. The van der Waals surface area contributed by atoms with Crippen LogP contribution in [0.5, 0.6) is 0 Å². The van der Waals surface area contributed by atoms with Crippen LogP contribution >= 0.6 is 0 Å². The van der Waals surface area contributed by atoms with E-state index in [1.54, 1.807) is 11.1 Å². The molecule has 1 aromatic rings. The molecular weight excluding hydrogens is 232 g/mol. The van der Waals surface area contributed by atoms with E-state index in [0.29, 0.717) is 11.5 Å². The molecule has 1 heterocycles. The Hall–Kier alpha value is -0.860. The first-order valence-corrected chi connectivity index (χ1v) is 7.69. The van der Waals surface area contributed by atoms with Crippen molar-refractivity contribution in [1.82, 2.24) is 4.90 Å². The number of piperidine rings is 1. The Morgan fingerprint density at radius 3 is 2.95 bits per heavy atom. The van der Waals surface area contributed by atoms with E-state index in [9.17, 15) is 0 Å². The third kappa shape index (κ3) is 2.02. The first-order chi connectivity index (χ1) is 9.16. The van der Waals surface area contributed by atoms with Crippen LogP contribution < -0.4 is 5.73 Å². The first kappa shape index (κ1) is 13.1. The highest BCUT2D eigenvalue weighted by molar-refractivity contribution is 5.39. The van der Waals surface area contributed by atoms with Crippen molar-refractivity contribution in [3.05, 3.63) is 35.4 Å². The number of nitrogens with two attached hydrogens (primary N) is 1. The van der Waals surface area contributed by atoms with Gasteiger partial charge in [0.25, 0.3) is 0 Å². The number of hydrogen-bond acceptors (Lipinski definition) is 2. The van der Waals surface area contributed by atoms with Gasteiger partial charge in [0.1, 0.15) is 0 Å². The highest BCUT2D eigenvalue weighted by Crippen LogP contribution is 2.48. The van der Waals surface area contributed by atoms with Gasteiger partial charge in [-0.1, -0.05) is 38.1 Å². The summed E-state index contributed by atoms with van der Waals surface area (Å²) in [6, 6.07) is 9.80. The average molecular weight is 258 g/mol. The number of benzene rings is 1. The molecule has 0 spiro atoms. The van der Waals surface area contributed by atoms with Crippen LogP contribution in [-0.4, -0.2) is 30.6 Å². The van der Waals surface area contributed by atoms with Crippen molar-refractivity contribution >= 4 is 0 Å². The molecule has 0 amide bonds. The summed E-state index contributed by atoms with van der Waals surface area (Å²) < 4.78 is 0. The minimum atomic E-state index is 0.374. The fourth-order valence-corrected chi connectivity index (χ4v) is 4.25. The van der Waals surface area contributed by atoms with Crippen LogP contribution in [-0.2, 0) is 11.8 Å². The van der Waals surface area contributed by atoms with E-state index in [2.05, 4.69) is 43.0 Å². The van der Waals surface area contributed by atoms with Gasteiger partial charge >= 0.3 is 0 Å². The van der Waals surface area contributed by atoms with E-state index in [0.717, 1.165) is 18.9 Å². The lowest BCUT2D eigenvalue weighted by Gasteiger charge is -2.54. The number of nitrogens with zero attached hydrogens (tertiary/aromatic N) is 1. The summed E-state index contributed by atoms with van der Waals surface area (Å²) in [5.41, 5.74) is 9.24. The third-order valence-electron chi connectivity index (χ3n) is 5.68. The van der Waals surface area contributed by atoms with Crippen molar-refractivity contribution in [3.63, 3.8) is 0 Å². The molecule has 0 aromatic heterocycles. The van der Waals surface area contributed by atoms with E-state index in [1.165, 1.54) is 25.9 Å². The van der Waals surface area contributed by atoms with Gasteiger partial charge in [-0.05, 0) is 61.4 Å². The van der Waals surface area contributed by atoms with Crippen LogP contribution in [0, 0.1) is 5.92 Å². The van der Waals surface area contributed by atoms with Gasteiger partial charge in [0.05, 0.1) is 0 Å². The molecule has 2 bridgehead atoms. The third-order valence-corrected chi connectivity index (χ3v) is 5.68. The summed E-state index contributed by atoms with van der Waals surface area (Å²) in [4.78, 5) is 2.69. The van der Waals surface area contributed by atoms with E-state index < -0.39 is 0 Å². The zero-order valence-corrected chi connectivity index (χ0v) is 12.2. The molecule has 1 saturated heterocycles. The van der Waals surface area contributed by atoms with Crippen molar-refractivity contribution < 1.29 is 0 Å². The molecule has 2 aliphatic rings. The second-order valence-corrected chi connectivity index (χ2v) is 6.56. The molecule has 0 saturated carbocycles. The Kier molecular flexibility index (Phi) is 3.40. The normalized spacial score (nSPS) is 34.1. The molecule has 0 radical (unpaired) electrons. The largest absolute Gasteiger partial charge is 0.330 e.